The maximum atomic E-state index is 12.6. The maximum Gasteiger partial charge on any atom is 0.261 e. The lowest BCUT2D eigenvalue weighted by Crippen LogP contribution is -2.36. The summed E-state index contributed by atoms with van der Waals surface area (Å²) < 4.78 is 33.4. The van der Waals surface area contributed by atoms with Gasteiger partial charge in [-0.25, -0.2) is 8.42 Å². The fraction of sp³-hybridized carbons (Fsp3) is 0.208. The van der Waals surface area contributed by atoms with E-state index in [1.807, 2.05) is 38.1 Å². The van der Waals surface area contributed by atoms with Crippen molar-refractivity contribution in [2.45, 2.75) is 31.7 Å². The van der Waals surface area contributed by atoms with E-state index in [2.05, 4.69) is 10.0 Å². The van der Waals surface area contributed by atoms with Crippen molar-refractivity contribution >= 4 is 21.6 Å². The van der Waals surface area contributed by atoms with Crippen LogP contribution in [0.4, 0.5) is 5.69 Å². The number of carbonyl (C=O) groups is 1. The Morgan fingerprint density at radius 3 is 2.29 bits per heavy atom. The summed E-state index contributed by atoms with van der Waals surface area (Å²) in [6, 6.07) is 20.5. The second-order valence-corrected chi connectivity index (χ2v) is 9.08. The topological polar surface area (TPSA) is 84.5 Å². The first-order chi connectivity index (χ1) is 14.8. The molecule has 0 heterocycles. The number of sulfonamides is 1. The summed E-state index contributed by atoms with van der Waals surface area (Å²) in [4.78, 5) is 12.8. The van der Waals surface area contributed by atoms with Gasteiger partial charge in [0.05, 0.1) is 16.6 Å². The number of amides is 1. The van der Waals surface area contributed by atoms with Crippen molar-refractivity contribution in [2.24, 2.45) is 0 Å². The summed E-state index contributed by atoms with van der Waals surface area (Å²) >= 11 is 0. The van der Waals surface area contributed by atoms with Crippen molar-refractivity contribution in [1.29, 1.82) is 0 Å². The molecule has 162 valence electrons. The standard InChI is InChI=1S/C24H26N2O4S/c1-17-9-7-8-12-23(17)30-16-19(3)25-24(27)20-13-14-22(18(2)15-20)26-31(28,29)21-10-5-4-6-11-21/h4-15,19,26H,16H2,1-3H3,(H,25,27). The van der Waals surface area contributed by atoms with Gasteiger partial charge in [0.2, 0.25) is 0 Å². The zero-order valence-electron chi connectivity index (χ0n) is 17.8. The van der Waals surface area contributed by atoms with E-state index in [9.17, 15) is 13.2 Å². The summed E-state index contributed by atoms with van der Waals surface area (Å²) in [6.45, 7) is 5.93. The number of anilines is 1. The largest absolute Gasteiger partial charge is 0.491 e. The average molecular weight is 439 g/mol. The summed E-state index contributed by atoms with van der Waals surface area (Å²) in [7, 11) is -3.69. The fourth-order valence-corrected chi connectivity index (χ4v) is 4.16. The quantitative estimate of drug-likeness (QED) is 0.549. The molecule has 3 aromatic rings. The molecule has 1 unspecified atom stereocenters. The third-order valence-electron chi connectivity index (χ3n) is 4.75. The minimum Gasteiger partial charge on any atom is -0.491 e. The van der Waals surface area contributed by atoms with Gasteiger partial charge in [-0.2, -0.15) is 0 Å². The van der Waals surface area contributed by atoms with Crippen LogP contribution in [0.5, 0.6) is 5.75 Å². The Labute approximate surface area is 183 Å². The number of para-hydroxylation sites is 1. The van der Waals surface area contributed by atoms with Gasteiger partial charge in [-0.05, 0) is 68.3 Å². The van der Waals surface area contributed by atoms with Gasteiger partial charge in [0, 0.05) is 5.56 Å². The fourth-order valence-electron chi connectivity index (χ4n) is 3.00. The number of rotatable bonds is 8. The molecule has 7 heteroatoms. The Hall–Kier alpha value is -3.32. The third kappa shape index (κ3) is 5.86. The SMILES string of the molecule is Cc1cc(C(=O)NC(C)COc2ccccc2C)ccc1NS(=O)(=O)c1ccccc1. The van der Waals surface area contributed by atoms with Gasteiger partial charge in [0.25, 0.3) is 15.9 Å². The highest BCUT2D eigenvalue weighted by Crippen LogP contribution is 2.21. The molecule has 0 bridgehead atoms. The lowest BCUT2D eigenvalue weighted by Gasteiger charge is -2.17. The Kier molecular flexibility index (Phi) is 6.97. The highest BCUT2D eigenvalue weighted by molar-refractivity contribution is 7.92. The van der Waals surface area contributed by atoms with Gasteiger partial charge in [-0.3, -0.25) is 9.52 Å². The van der Waals surface area contributed by atoms with Crippen LogP contribution in [0.2, 0.25) is 0 Å². The van der Waals surface area contributed by atoms with Crippen LogP contribution in [0.15, 0.2) is 77.7 Å². The molecule has 1 atom stereocenters. The van der Waals surface area contributed by atoms with Gasteiger partial charge in [0.1, 0.15) is 12.4 Å². The molecule has 0 aromatic heterocycles. The first-order valence-electron chi connectivity index (χ1n) is 9.94. The van der Waals surface area contributed by atoms with E-state index < -0.39 is 10.0 Å². The van der Waals surface area contributed by atoms with Gasteiger partial charge >= 0.3 is 0 Å². The lowest BCUT2D eigenvalue weighted by molar-refractivity contribution is 0.0926. The first-order valence-corrected chi connectivity index (χ1v) is 11.4. The maximum absolute atomic E-state index is 12.6. The molecule has 0 fully saturated rings. The summed E-state index contributed by atoms with van der Waals surface area (Å²) in [5.74, 6) is 0.538. The number of ether oxygens (including phenoxy) is 1. The van der Waals surface area contributed by atoms with Crippen LogP contribution in [0.1, 0.15) is 28.4 Å². The van der Waals surface area contributed by atoms with Crippen molar-refractivity contribution in [3.05, 3.63) is 89.5 Å². The molecule has 0 spiro atoms. The molecule has 0 saturated heterocycles. The molecule has 0 aliphatic heterocycles. The zero-order valence-corrected chi connectivity index (χ0v) is 18.6. The molecule has 0 radical (unpaired) electrons. The summed E-state index contributed by atoms with van der Waals surface area (Å²) in [6.07, 6.45) is 0. The number of nitrogens with one attached hydrogen (secondary N) is 2. The lowest BCUT2D eigenvalue weighted by atomic mass is 10.1. The predicted octanol–water partition coefficient (Wildman–Crippen LogP) is 4.30. The Morgan fingerprint density at radius 2 is 1.61 bits per heavy atom. The van der Waals surface area contributed by atoms with E-state index in [4.69, 9.17) is 4.74 Å². The molecule has 6 nitrogen and oxygen atoms in total. The Balaban J connectivity index is 1.62. The number of hydrogen-bond donors (Lipinski definition) is 2. The number of hydrogen-bond acceptors (Lipinski definition) is 4. The van der Waals surface area contributed by atoms with E-state index in [0.29, 0.717) is 23.4 Å². The van der Waals surface area contributed by atoms with Crippen molar-refractivity contribution in [2.75, 3.05) is 11.3 Å². The molecule has 1 amide bonds. The zero-order chi connectivity index (χ0) is 22.4. The highest BCUT2D eigenvalue weighted by Gasteiger charge is 2.16. The molecule has 3 rings (SSSR count). The van der Waals surface area contributed by atoms with Crippen LogP contribution in [-0.2, 0) is 10.0 Å². The van der Waals surface area contributed by atoms with E-state index in [-0.39, 0.29) is 16.8 Å². The molecule has 3 aromatic carbocycles. The number of carbonyl (C=O) groups excluding carboxylic acids is 1. The van der Waals surface area contributed by atoms with Gasteiger partial charge in [0.15, 0.2) is 0 Å². The number of aryl methyl sites for hydroxylation is 2. The summed E-state index contributed by atoms with van der Waals surface area (Å²) in [5.41, 5.74) is 2.56. The van der Waals surface area contributed by atoms with Crippen LogP contribution < -0.4 is 14.8 Å². The van der Waals surface area contributed by atoms with Gasteiger partial charge in [-0.1, -0.05) is 36.4 Å². The van der Waals surface area contributed by atoms with Crippen LogP contribution in [0, 0.1) is 13.8 Å². The second-order valence-electron chi connectivity index (χ2n) is 7.40. The van der Waals surface area contributed by atoms with Gasteiger partial charge in [-0.15, -0.1) is 0 Å². The minimum absolute atomic E-state index is 0.179. The van der Waals surface area contributed by atoms with Crippen LogP contribution >= 0.6 is 0 Å². The van der Waals surface area contributed by atoms with Crippen molar-refractivity contribution in [3.63, 3.8) is 0 Å². The molecular weight excluding hydrogens is 412 g/mol. The van der Waals surface area contributed by atoms with E-state index in [1.54, 1.807) is 43.3 Å². The van der Waals surface area contributed by atoms with Crippen LogP contribution in [0.25, 0.3) is 0 Å². The molecule has 0 aliphatic carbocycles. The Morgan fingerprint density at radius 1 is 0.935 bits per heavy atom. The second kappa shape index (κ2) is 9.66. The van der Waals surface area contributed by atoms with E-state index >= 15 is 0 Å². The normalized spacial score (nSPS) is 12.1. The highest BCUT2D eigenvalue weighted by atomic mass is 32.2. The van der Waals surface area contributed by atoms with Crippen molar-refractivity contribution < 1.29 is 17.9 Å². The van der Waals surface area contributed by atoms with Gasteiger partial charge < -0.3 is 10.1 Å². The first kappa shape index (κ1) is 22.4. The van der Waals surface area contributed by atoms with Crippen LogP contribution in [-0.4, -0.2) is 27.0 Å². The third-order valence-corrected chi connectivity index (χ3v) is 6.13. The molecule has 0 saturated carbocycles. The Bertz CT molecular complexity index is 1160. The van der Waals surface area contributed by atoms with E-state index in [0.717, 1.165) is 11.3 Å². The minimum atomic E-state index is -3.69. The van der Waals surface area contributed by atoms with Crippen molar-refractivity contribution in [3.8, 4) is 5.75 Å². The molecule has 0 aliphatic rings. The summed E-state index contributed by atoms with van der Waals surface area (Å²) in [5, 5.41) is 2.90. The van der Waals surface area contributed by atoms with E-state index in [1.165, 1.54) is 12.1 Å². The molecular formula is C24H26N2O4S. The predicted molar refractivity (Wildman–Crippen MR) is 122 cm³/mol. The monoisotopic (exact) mass is 438 g/mol. The smallest absolute Gasteiger partial charge is 0.261 e. The van der Waals surface area contributed by atoms with Crippen LogP contribution in [0.3, 0.4) is 0 Å². The molecule has 2 N–H and O–H groups in total. The van der Waals surface area contributed by atoms with Crippen molar-refractivity contribution in [1.82, 2.24) is 5.32 Å². The number of benzene rings is 3. The molecule has 31 heavy (non-hydrogen) atoms. The average Bonchev–Trinajstić information content (AvgIpc) is 2.75.